The number of rotatable bonds is 4. The van der Waals surface area contributed by atoms with Gasteiger partial charge in [-0.05, 0) is 63.0 Å². The molecule has 0 aliphatic heterocycles. The number of halogens is 1. The van der Waals surface area contributed by atoms with E-state index in [4.69, 9.17) is 15.0 Å². The van der Waals surface area contributed by atoms with E-state index in [0.717, 1.165) is 13.3 Å². The van der Waals surface area contributed by atoms with Gasteiger partial charge in [-0.25, -0.2) is 4.39 Å². The van der Waals surface area contributed by atoms with E-state index >= 15 is 4.39 Å². The Labute approximate surface area is 222 Å². The molecule has 0 radical (unpaired) electrons. The molecule has 214 valence electrons. The molecule has 9 nitrogen and oxygen atoms in total. The van der Waals surface area contributed by atoms with Crippen LogP contribution in [-0.4, -0.2) is 73.0 Å². The third kappa shape index (κ3) is 4.98. The first kappa shape index (κ1) is 31.8. The molecule has 3 saturated carbocycles. The number of allylic oxidation sites excluding steroid dienone is 4. The Morgan fingerprint density at radius 3 is 2.21 bits per heavy atom. The number of ketones is 2. The minimum Gasteiger partial charge on any atom is -0.481 e. The van der Waals surface area contributed by atoms with Gasteiger partial charge in [0.25, 0.3) is 5.97 Å². The molecule has 0 amide bonds. The van der Waals surface area contributed by atoms with Crippen LogP contribution in [0.25, 0.3) is 0 Å². The fourth-order valence-electron chi connectivity index (χ4n) is 7.47. The highest BCUT2D eigenvalue weighted by atomic mass is 19.1. The second kappa shape index (κ2) is 11.4. The van der Waals surface area contributed by atoms with Crippen molar-refractivity contribution in [1.29, 1.82) is 0 Å². The second-order valence-electron chi connectivity index (χ2n) is 11.4. The SMILES string of the molecule is CC(=O)O.CCCC(=O)O.C[C@H]1C[C@H]2[C@@H]3CCC4=CC(=O)C=C[C@]4(C)[C@@]3(F)[C@@H](O)C[C@]2(C)[C@@]1(O)C(=O)CO. The highest BCUT2D eigenvalue weighted by molar-refractivity contribution is 6.01. The second-order valence-corrected chi connectivity index (χ2v) is 11.4. The molecule has 0 saturated heterocycles. The van der Waals surface area contributed by atoms with Gasteiger partial charge in [0.1, 0.15) is 12.2 Å². The molecule has 8 atom stereocenters. The van der Waals surface area contributed by atoms with Crippen LogP contribution in [-0.2, 0) is 19.2 Å². The Balaban J connectivity index is 0.000000435. The van der Waals surface area contributed by atoms with Crippen LogP contribution in [0, 0.1) is 28.6 Å². The molecule has 0 unspecified atom stereocenters. The van der Waals surface area contributed by atoms with Crippen molar-refractivity contribution in [2.75, 3.05) is 6.61 Å². The number of fused-ring (bicyclic) bond motifs is 5. The number of hydrogen-bond donors (Lipinski definition) is 5. The van der Waals surface area contributed by atoms with Crippen LogP contribution >= 0.6 is 0 Å². The molecule has 38 heavy (non-hydrogen) atoms. The fourth-order valence-corrected chi connectivity index (χ4v) is 7.47. The number of aliphatic hydroxyl groups excluding tert-OH is 2. The number of alkyl halides is 1. The molecule has 3 fully saturated rings. The quantitative estimate of drug-likeness (QED) is 0.360. The predicted octanol–water partition coefficient (Wildman–Crippen LogP) is 2.86. The zero-order valence-corrected chi connectivity index (χ0v) is 22.7. The highest BCUT2D eigenvalue weighted by Crippen LogP contribution is 2.70. The van der Waals surface area contributed by atoms with E-state index in [1.165, 1.54) is 12.2 Å². The van der Waals surface area contributed by atoms with Gasteiger partial charge in [-0.3, -0.25) is 19.2 Å². The highest BCUT2D eigenvalue weighted by Gasteiger charge is 2.75. The van der Waals surface area contributed by atoms with Crippen LogP contribution in [0.4, 0.5) is 4.39 Å². The number of aliphatic carboxylic acids is 2. The maximum Gasteiger partial charge on any atom is 0.303 e. The van der Waals surface area contributed by atoms with Crippen molar-refractivity contribution in [3.05, 3.63) is 23.8 Å². The molecule has 0 aromatic carbocycles. The van der Waals surface area contributed by atoms with E-state index < -0.39 is 64.4 Å². The maximum absolute atomic E-state index is 16.9. The summed E-state index contributed by atoms with van der Waals surface area (Å²) in [5, 5.41) is 47.3. The lowest BCUT2D eigenvalue weighted by Crippen LogP contribution is -2.69. The summed E-state index contributed by atoms with van der Waals surface area (Å²) < 4.78 is 16.9. The number of carboxylic acid groups (broad SMARTS) is 2. The van der Waals surface area contributed by atoms with Crippen LogP contribution in [0.1, 0.15) is 73.1 Å². The molecule has 0 aromatic rings. The molecule has 4 rings (SSSR count). The molecule has 10 heteroatoms. The van der Waals surface area contributed by atoms with Gasteiger partial charge in [-0.1, -0.05) is 32.4 Å². The minimum atomic E-state index is -1.98. The van der Waals surface area contributed by atoms with Crippen molar-refractivity contribution in [3.8, 4) is 0 Å². The van der Waals surface area contributed by atoms with Gasteiger partial charge in [-0.2, -0.15) is 0 Å². The maximum atomic E-state index is 16.9. The van der Waals surface area contributed by atoms with Crippen LogP contribution in [0.15, 0.2) is 23.8 Å². The summed E-state index contributed by atoms with van der Waals surface area (Å²) in [5.74, 6) is -3.66. The Morgan fingerprint density at radius 2 is 1.74 bits per heavy atom. The Kier molecular flexibility index (Phi) is 9.50. The summed E-state index contributed by atoms with van der Waals surface area (Å²) in [6, 6.07) is 0. The van der Waals surface area contributed by atoms with Gasteiger partial charge in [0, 0.05) is 30.1 Å². The van der Waals surface area contributed by atoms with E-state index in [1.807, 2.05) is 6.92 Å². The van der Waals surface area contributed by atoms with E-state index in [9.17, 15) is 29.7 Å². The van der Waals surface area contributed by atoms with E-state index in [-0.39, 0.29) is 18.1 Å². The van der Waals surface area contributed by atoms with Crippen LogP contribution in [0.3, 0.4) is 0 Å². The summed E-state index contributed by atoms with van der Waals surface area (Å²) in [6.07, 6.45) is 5.46. The molecule has 0 aromatic heterocycles. The summed E-state index contributed by atoms with van der Waals surface area (Å²) in [5.41, 5.74) is -5.17. The number of aliphatic hydroxyl groups is 3. The third-order valence-corrected chi connectivity index (χ3v) is 9.26. The van der Waals surface area contributed by atoms with Crippen molar-refractivity contribution in [2.45, 2.75) is 90.5 Å². The zero-order chi connectivity index (χ0) is 29.3. The summed E-state index contributed by atoms with van der Waals surface area (Å²) in [4.78, 5) is 43.0. The summed E-state index contributed by atoms with van der Waals surface area (Å²) >= 11 is 0. The molecule has 0 spiro atoms. The van der Waals surface area contributed by atoms with Crippen molar-refractivity contribution in [1.82, 2.24) is 0 Å². The van der Waals surface area contributed by atoms with Crippen LogP contribution in [0.5, 0.6) is 0 Å². The van der Waals surface area contributed by atoms with Gasteiger partial charge in [-0.15, -0.1) is 0 Å². The molecule has 4 aliphatic carbocycles. The van der Waals surface area contributed by atoms with Gasteiger partial charge in [0.05, 0.1) is 6.10 Å². The number of hydrogen-bond acceptors (Lipinski definition) is 7. The van der Waals surface area contributed by atoms with E-state index in [1.54, 1.807) is 26.8 Å². The first-order valence-electron chi connectivity index (χ1n) is 13.1. The Bertz CT molecular complexity index is 1020. The molecular weight excluding hydrogens is 499 g/mol. The van der Waals surface area contributed by atoms with Gasteiger partial charge < -0.3 is 25.5 Å². The number of carboxylic acids is 2. The molecule has 5 N–H and O–H groups in total. The Morgan fingerprint density at radius 1 is 1.16 bits per heavy atom. The van der Waals surface area contributed by atoms with Crippen molar-refractivity contribution >= 4 is 23.5 Å². The molecular formula is C28H41FO9. The Hall–Kier alpha value is -2.43. The third-order valence-electron chi connectivity index (χ3n) is 9.26. The molecule has 0 heterocycles. The van der Waals surface area contributed by atoms with Crippen molar-refractivity contribution < 1.29 is 49.1 Å². The van der Waals surface area contributed by atoms with Crippen molar-refractivity contribution in [3.63, 3.8) is 0 Å². The molecule has 4 aliphatic rings. The van der Waals surface area contributed by atoms with Gasteiger partial charge in [0.2, 0.25) is 0 Å². The first-order chi connectivity index (χ1) is 17.5. The van der Waals surface area contributed by atoms with Crippen LogP contribution in [0.2, 0.25) is 0 Å². The summed E-state index contributed by atoms with van der Waals surface area (Å²) in [6.45, 7) is 7.40. The minimum absolute atomic E-state index is 0.0676. The largest absolute Gasteiger partial charge is 0.481 e. The lowest BCUT2D eigenvalue weighted by Gasteiger charge is -2.62. The smallest absolute Gasteiger partial charge is 0.303 e. The summed E-state index contributed by atoms with van der Waals surface area (Å²) in [7, 11) is 0. The lowest BCUT2D eigenvalue weighted by atomic mass is 9.44. The lowest BCUT2D eigenvalue weighted by molar-refractivity contribution is -0.219. The predicted molar refractivity (Wildman–Crippen MR) is 136 cm³/mol. The van der Waals surface area contributed by atoms with Crippen LogP contribution < -0.4 is 0 Å². The number of carbonyl (C=O) groups excluding carboxylic acids is 2. The molecule has 0 bridgehead atoms. The monoisotopic (exact) mass is 540 g/mol. The van der Waals surface area contributed by atoms with Gasteiger partial charge in [0.15, 0.2) is 17.2 Å². The topological polar surface area (TPSA) is 169 Å². The zero-order valence-electron chi connectivity index (χ0n) is 22.7. The van der Waals surface area contributed by atoms with E-state index in [2.05, 4.69) is 0 Å². The number of Topliss-reactive ketones (excluding diaryl/α,β-unsaturated/α-hetero) is 1. The number of carbonyl (C=O) groups is 4. The standard InChI is InChI=1S/C22H29FO5.C4H8O2.C2H4O2/c1-12-8-16-15-5-4-13-9-14(25)6-7-19(13,2)21(15,23)17(26)10-20(16,3)22(12,28)18(27)11-24;1-2-3-4(5)6;1-2(3)4/h6-7,9,12,15-17,24,26,28H,4-5,8,10-11H2,1-3H3;2-3H2,1H3,(H,5,6);1H3,(H,3,4)/t12-,15-,16-,17-,19-,20-,21-,22-;;/m0../s1. The average molecular weight is 541 g/mol. The van der Waals surface area contributed by atoms with Gasteiger partial charge >= 0.3 is 5.97 Å². The normalized spacial score (nSPS) is 40.7. The van der Waals surface area contributed by atoms with E-state index in [0.29, 0.717) is 31.3 Å². The fraction of sp³-hybridized carbons (Fsp3) is 0.714. The average Bonchev–Trinajstić information content (AvgIpc) is 3.01. The first-order valence-corrected chi connectivity index (χ1v) is 13.1. The van der Waals surface area contributed by atoms with Crippen molar-refractivity contribution in [2.24, 2.45) is 28.6 Å².